The van der Waals surface area contributed by atoms with Crippen molar-refractivity contribution < 1.29 is 9.59 Å². The molecule has 0 aliphatic heterocycles. The Kier molecular flexibility index (Phi) is 5.30. The molecule has 0 saturated carbocycles. The number of rotatable bonds is 5. The second kappa shape index (κ2) is 7.40. The Hall–Kier alpha value is -2.89. The van der Waals surface area contributed by atoms with Gasteiger partial charge in [0.25, 0.3) is 17.4 Å². The van der Waals surface area contributed by atoms with E-state index < -0.39 is 11.5 Å². The first kappa shape index (κ1) is 16.5. The normalized spacial score (nSPS) is 10.2. The lowest BCUT2D eigenvalue weighted by Crippen LogP contribution is -2.32. The molecule has 2 rings (SSSR count). The third-order valence-corrected chi connectivity index (χ3v) is 3.34. The summed E-state index contributed by atoms with van der Waals surface area (Å²) in [4.78, 5) is 40.1. The predicted octanol–water partition coefficient (Wildman–Crippen LogP) is 1.40. The van der Waals surface area contributed by atoms with Crippen molar-refractivity contribution in [3.63, 3.8) is 0 Å². The van der Waals surface area contributed by atoms with Crippen molar-refractivity contribution in [2.45, 2.75) is 13.5 Å². The number of nitrogens with one attached hydrogen (secondary N) is 2. The van der Waals surface area contributed by atoms with E-state index >= 15 is 0 Å². The molecule has 120 valence electrons. The minimum Gasteiger partial charge on any atom is -0.352 e. The maximum Gasteiger partial charge on any atom is 0.260 e. The molecule has 23 heavy (non-hydrogen) atoms. The maximum absolute atomic E-state index is 12.5. The van der Waals surface area contributed by atoms with Crippen LogP contribution >= 0.6 is 0 Å². The Bertz CT molecular complexity index is 753. The monoisotopic (exact) mass is 313 g/mol. The molecule has 6 heteroatoms. The van der Waals surface area contributed by atoms with Crippen molar-refractivity contribution in [2.75, 3.05) is 13.6 Å². The lowest BCUT2D eigenvalue weighted by atomic mass is 10.1. The zero-order valence-corrected chi connectivity index (χ0v) is 13.1. The van der Waals surface area contributed by atoms with Gasteiger partial charge in [-0.2, -0.15) is 0 Å². The van der Waals surface area contributed by atoms with Crippen molar-refractivity contribution >= 4 is 11.8 Å². The number of hydrogen-bond donors (Lipinski definition) is 2. The highest BCUT2D eigenvalue weighted by Crippen LogP contribution is 2.07. The smallest absolute Gasteiger partial charge is 0.260 e. The summed E-state index contributed by atoms with van der Waals surface area (Å²) in [6.45, 7) is 2.64. The van der Waals surface area contributed by atoms with E-state index in [1.165, 1.54) is 17.2 Å². The van der Waals surface area contributed by atoms with E-state index in [0.29, 0.717) is 13.1 Å². The Balaban J connectivity index is 2.22. The quantitative estimate of drug-likeness (QED) is 0.875. The lowest BCUT2D eigenvalue weighted by Gasteiger charge is -2.17. The van der Waals surface area contributed by atoms with E-state index in [2.05, 4.69) is 10.3 Å². The standard InChI is InChI=1S/C17H19N3O3/c1-3-18-15(21)13-9-14(16(22)19-10-13)17(23)20(2)11-12-7-5-4-6-8-12/h4-10H,3,11H2,1-2H3,(H,18,21)(H,19,22). The number of carbonyl (C=O) groups is 2. The number of aromatic nitrogens is 1. The number of H-pyrrole nitrogens is 1. The van der Waals surface area contributed by atoms with Gasteiger partial charge in [-0.25, -0.2) is 0 Å². The molecule has 0 unspecified atom stereocenters. The van der Waals surface area contributed by atoms with Crippen LogP contribution in [-0.2, 0) is 6.54 Å². The number of carbonyl (C=O) groups excluding carboxylic acids is 2. The number of nitrogens with zero attached hydrogens (tertiary/aromatic N) is 1. The first-order chi connectivity index (χ1) is 11.0. The van der Waals surface area contributed by atoms with E-state index in [0.717, 1.165) is 5.56 Å². The van der Waals surface area contributed by atoms with Gasteiger partial charge in [-0.05, 0) is 18.6 Å². The molecular weight excluding hydrogens is 294 g/mol. The molecule has 2 amide bonds. The zero-order chi connectivity index (χ0) is 16.8. The van der Waals surface area contributed by atoms with Crippen molar-refractivity contribution in [3.8, 4) is 0 Å². The Morgan fingerprint density at radius 2 is 1.91 bits per heavy atom. The van der Waals surface area contributed by atoms with Gasteiger partial charge in [0.05, 0.1) is 5.56 Å². The molecule has 0 atom stereocenters. The molecule has 6 nitrogen and oxygen atoms in total. The van der Waals surface area contributed by atoms with Crippen molar-refractivity contribution in [3.05, 3.63) is 69.6 Å². The SMILES string of the molecule is CCNC(=O)c1c[nH]c(=O)c(C(=O)N(C)Cc2ccccc2)c1. The second-order valence-corrected chi connectivity index (χ2v) is 5.14. The minimum atomic E-state index is -0.511. The molecule has 1 heterocycles. The number of hydrogen-bond acceptors (Lipinski definition) is 3. The molecule has 1 aromatic carbocycles. The molecule has 0 fully saturated rings. The Labute approximate surface area is 134 Å². The lowest BCUT2D eigenvalue weighted by molar-refractivity contribution is 0.0783. The molecule has 0 aliphatic carbocycles. The largest absolute Gasteiger partial charge is 0.352 e. The van der Waals surface area contributed by atoms with Gasteiger partial charge in [0, 0.05) is 26.3 Å². The summed E-state index contributed by atoms with van der Waals surface area (Å²) in [5.74, 6) is -0.759. The Morgan fingerprint density at radius 3 is 2.57 bits per heavy atom. The summed E-state index contributed by atoms with van der Waals surface area (Å²) < 4.78 is 0. The van der Waals surface area contributed by atoms with E-state index in [4.69, 9.17) is 0 Å². The summed E-state index contributed by atoms with van der Waals surface area (Å²) in [6.07, 6.45) is 1.31. The van der Waals surface area contributed by atoms with Crippen LogP contribution in [0.3, 0.4) is 0 Å². The highest BCUT2D eigenvalue weighted by molar-refractivity contribution is 5.99. The third-order valence-electron chi connectivity index (χ3n) is 3.34. The minimum absolute atomic E-state index is 0.0489. The van der Waals surface area contributed by atoms with Crippen LogP contribution in [0.1, 0.15) is 33.2 Å². The van der Waals surface area contributed by atoms with E-state index in [1.807, 2.05) is 30.3 Å². The summed E-state index contributed by atoms with van der Waals surface area (Å²) >= 11 is 0. The van der Waals surface area contributed by atoms with Crippen LogP contribution in [-0.4, -0.2) is 35.3 Å². The van der Waals surface area contributed by atoms with Crippen molar-refractivity contribution in [2.24, 2.45) is 0 Å². The van der Waals surface area contributed by atoms with E-state index in [9.17, 15) is 14.4 Å². The van der Waals surface area contributed by atoms with Crippen molar-refractivity contribution in [1.82, 2.24) is 15.2 Å². The first-order valence-corrected chi connectivity index (χ1v) is 7.33. The number of amides is 2. The molecular formula is C17H19N3O3. The predicted molar refractivity (Wildman–Crippen MR) is 87.3 cm³/mol. The fourth-order valence-electron chi connectivity index (χ4n) is 2.17. The summed E-state index contributed by atoms with van der Waals surface area (Å²) in [6, 6.07) is 10.8. The Morgan fingerprint density at radius 1 is 1.22 bits per heavy atom. The van der Waals surface area contributed by atoms with E-state index in [-0.39, 0.29) is 17.0 Å². The van der Waals surface area contributed by atoms with Crippen LogP contribution in [0.2, 0.25) is 0 Å². The average molecular weight is 313 g/mol. The van der Waals surface area contributed by atoms with Gasteiger partial charge < -0.3 is 15.2 Å². The van der Waals surface area contributed by atoms with Gasteiger partial charge in [0.1, 0.15) is 5.56 Å². The van der Waals surface area contributed by atoms with Crippen LogP contribution < -0.4 is 10.9 Å². The molecule has 2 N–H and O–H groups in total. The third kappa shape index (κ3) is 4.06. The molecule has 0 aliphatic rings. The molecule has 0 bridgehead atoms. The fourth-order valence-corrected chi connectivity index (χ4v) is 2.17. The van der Waals surface area contributed by atoms with Crippen LogP contribution in [0, 0.1) is 0 Å². The molecule has 0 spiro atoms. The van der Waals surface area contributed by atoms with Crippen LogP contribution in [0.25, 0.3) is 0 Å². The van der Waals surface area contributed by atoms with Gasteiger partial charge in [-0.15, -0.1) is 0 Å². The van der Waals surface area contributed by atoms with Gasteiger partial charge in [-0.3, -0.25) is 14.4 Å². The van der Waals surface area contributed by atoms with Gasteiger partial charge in [-0.1, -0.05) is 30.3 Å². The van der Waals surface area contributed by atoms with Crippen LogP contribution in [0.4, 0.5) is 0 Å². The second-order valence-electron chi connectivity index (χ2n) is 5.14. The summed E-state index contributed by atoms with van der Waals surface area (Å²) in [5.41, 5.74) is 0.651. The number of benzene rings is 1. The maximum atomic E-state index is 12.5. The fraction of sp³-hybridized carbons (Fsp3) is 0.235. The molecule has 0 saturated heterocycles. The molecule has 0 radical (unpaired) electrons. The first-order valence-electron chi connectivity index (χ1n) is 7.33. The highest BCUT2D eigenvalue weighted by atomic mass is 16.2. The zero-order valence-electron chi connectivity index (χ0n) is 13.1. The highest BCUT2D eigenvalue weighted by Gasteiger charge is 2.18. The summed E-state index contributed by atoms with van der Waals surface area (Å²) in [7, 11) is 1.62. The number of pyridine rings is 1. The molecule has 2 aromatic rings. The number of aromatic amines is 1. The van der Waals surface area contributed by atoms with Gasteiger partial charge >= 0.3 is 0 Å². The van der Waals surface area contributed by atoms with Crippen molar-refractivity contribution in [1.29, 1.82) is 0 Å². The topological polar surface area (TPSA) is 82.3 Å². The average Bonchev–Trinajstić information content (AvgIpc) is 2.55. The van der Waals surface area contributed by atoms with Crippen LogP contribution in [0.15, 0.2) is 47.4 Å². The van der Waals surface area contributed by atoms with Crippen LogP contribution in [0.5, 0.6) is 0 Å². The summed E-state index contributed by atoms with van der Waals surface area (Å²) in [5, 5.41) is 2.63. The van der Waals surface area contributed by atoms with Gasteiger partial charge in [0.2, 0.25) is 0 Å². The molecule has 1 aromatic heterocycles. The van der Waals surface area contributed by atoms with Gasteiger partial charge in [0.15, 0.2) is 0 Å². The van der Waals surface area contributed by atoms with E-state index in [1.54, 1.807) is 14.0 Å².